The second kappa shape index (κ2) is 6.88. The van der Waals surface area contributed by atoms with Crippen molar-refractivity contribution >= 4 is 0 Å². The normalized spacial score (nSPS) is 38.5. The Morgan fingerprint density at radius 2 is 1.53 bits per heavy atom. The van der Waals surface area contributed by atoms with Crippen molar-refractivity contribution in [2.75, 3.05) is 6.61 Å². The van der Waals surface area contributed by atoms with Gasteiger partial charge in [0.25, 0.3) is 0 Å². The summed E-state index contributed by atoms with van der Waals surface area (Å²) in [6.45, 7) is -0.0701. The maximum Gasteiger partial charge on any atom is 0.115 e. The Morgan fingerprint density at radius 3 is 2.05 bits per heavy atom. The van der Waals surface area contributed by atoms with Gasteiger partial charge in [0.2, 0.25) is 0 Å². The van der Waals surface area contributed by atoms with Crippen molar-refractivity contribution in [2.24, 2.45) is 0 Å². The molecule has 1 aliphatic rings. The zero-order valence-corrected chi connectivity index (χ0v) is 9.89. The van der Waals surface area contributed by atoms with Gasteiger partial charge in [-0.25, -0.2) is 0 Å². The molecule has 9 nitrogen and oxygen atoms in total. The molecule has 1 saturated heterocycles. The van der Waals surface area contributed by atoms with Gasteiger partial charge in [0, 0.05) is 0 Å². The molecule has 0 bridgehead atoms. The SMILES string of the molecule is OC[C@@H](O)[C@@H](O)[C@H](O)[C@@H](O)[C@H]1O[CH][C@H](O)[C@@H](O)[C@@H]1O. The minimum absolute atomic E-state index is 0.771. The zero-order chi connectivity index (χ0) is 14.7. The molecule has 0 amide bonds. The van der Waals surface area contributed by atoms with E-state index in [2.05, 4.69) is 0 Å². The standard InChI is InChI=1S/C10H19O9/c11-1-3(12)5(14)7(16)9(18)10-8(17)6(15)4(13)2-19-10/h2-18H,1H2/t3-,4+,5-,6-,7+,8+,9-,10+/m1/s1. The lowest BCUT2D eigenvalue weighted by molar-refractivity contribution is -0.214. The molecule has 1 rings (SSSR count). The lowest BCUT2D eigenvalue weighted by Gasteiger charge is -2.39. The molecule has 9 heteroatoms. The maximum atomic E-state index is 9.73. The van der Waals surface area contributed by atoms with Crippen molar-refractivity contribution in [3.05, 3.63) is 6.61 Å². The molecule has 113 valence electrons. The molecule has 8 N–H and O–H groups in total. The van der Waals surface area contributed by atoms with E-state index in [1.807, 2.05) is 0 Å². The molecule has 1 fully saturated rings. The van der Waals surface area contributed by atoms with Crippen LogP contribution in [-0.4, -0.2) is 96.3 Å². The first-order valence-electron chi connectivity index (χ1n) is 5.67. The molecular weight excluding hydrogens is 264 g/mol. The van der Waals surface area contributed by atoms with Crippen LogP contribution in [0.3, 0.4) is 0 Å². The van der Waals surface area contributed by atoms with Crippen molar-refractivity contribution in [1.82, 2.24) is 0 Å². The van der Waals surface area contributed by atoms with E-state index in [1.54, 1.807) is 0 Å². The number of ether oxygens (including phenoxy) is 1. The Balaban J connectivity index is 2.68. The van der Waals surface area contributed by atoms with Gasteiger partial charge in [0.15, 0.2) is 0 Å². The van der Waals surface area contributed by atoms with E-state index < -0.39 is 55.4 Å². The molecule has 0 aromatic carbocycles. The van der Waals surface area contributed by atoms with Gasteiger partial charge in [-0.2, -0.15) is 0 Å². The van der Waals surface area contributed by atoms with Gasteiger partial charge in [-0.05, 0) is 0 Å². The Hall–Kier alpha value is -0.360. The Bertz CT molecular complexity index is 276. The van der Waals surface area contributed by atoms with Crippen LogP contribution in [0.1, 0.15) is 0 Å². The molecule has 1 heterocycles. The molecule has 0 aliphatic carbocycles. The van der Waals surface area contributed by atoms with E-state index in [0.717, 1.165) is 6.61 Å². The summed E-state index contributed by atoms with van der Waals surface area (Å²) in [5.41, 5.74) is 0. The maximum absolute atomic E-state index is 9.73. The van der Waals surface area contributed by atoms with Crippen LogP contribution in [0.4, 0.5) is 0 Å². The predicted molar refractivity (Wildman–Crippen MR) is 58.3 cm³/mol. The lowest BCUT2D eigenvalue weighted by Crippen LogP contribution is -2.60. The number of aliphatic hydroxyl groups is 8. The van der Waals surface area contributed by atoms with Crippen molar-refractivity contribution in [1.29, 1.82) is 0 Å². The van der Waals surface area contributed by atoms with Gasteiger partial charge in [0.05, 0.1) is 6.61 Å². The van der Waals surface area contributed by atoms with Crippen molar-refractivity contribution in [2.45, 2.75) is 48.8 Å². The lowest BCUT2D eigenvalue weighted by atomic mass is 9.91. The average Bonchev–Trinajstić information content (AvgIpc) is 2.41. The van der Waals surface area contributed by atoms with Crippen LogP contribution < -0.4 is 0 Å². The first kappa shape index (κ1) is 16.7. The Labute approximate surface area is 108 Å². The van der Waals surface area contributed by atoms with E-state index in [1.165, 1.54) is 0 Å². The number of rotatable bonds is 5. The molecule has 0 spiro atoms. The third kappa shape index (κ3) is 3.60. The molecule has 1 radical (unpaired) electrons. The summed E-state index contributed by atoms with van der Waals surface area (Å²) >= 11 is 0. The van der Waals surface area contributed by atoms with Crippen molar-refractivity contribution in [3.63, 3.8) is 0 Å². The van der Waals surface area contributed by atoms with Crippen LogP contribution in [0.5, 0.6) is 0 Å². The van der Waals surface area contributed by atoms with Gasteiger partial charge < -0.3 is 45.6 Å². The van der Waals surface area contributed by atoms with Crippen LogP contribution in [0, 0.1) is 6.61 Å². The second-order valence-corrected chi connectivity index (χ2v) is 4.43. The fraction of sp³-hybridized carbons (Fsp3) is 0.900. The molecule has 0 aromatic rings. The first-order valence-corrected chi connectivity index (χ1v) is 5.67. The number of hydrogen-bond donors (Lipinski definition) is 8. The first-order chi connectivity index (χ1) is 8.81. The van der Waals surface area contributed by atoms with Crippen molar-refractivity contribution < 1.29 is 45.6 Å². The van der Waals surface area contributed by atoms with Crippen LogP contribution in [0.25, 0.3) is 0 Å². The summed E-state index contributed by atoms with van der Waals surface area (Å²) in [7, 11) is 0. The Kier molecular flexibility index (Phi) is 6.05. The predicted octanol–water partition coefficient (Wildman–Crippen LogP) is -4.93. The summed E-state index contributed by atoms with van der Waals surface area (Å²) in [6, 6.07) is 0. The van der Waals surface area contributed by atoms with Gasteiger partial charge >= 0.3 is 0 Å². The van der Waals surface area contributed by atoms with Gasteiger partial charge in [-0.1, -0.05) is 0 Å². The highest BCUT2D eigenvalue weighted by Crippen LogP contribution is 2.23. The summed E-state index contributed by atoms with van der Waals surface area (Å²) in [5, 5.41) is 74.6. The van der Waals surface area contributed by atoms with Gasteiger partial charge in [-0.15, -0.1) is 0 Å². The zero-order valence-electron chi connectivity index (χ0n) is 9.89. The smallest absolute Gasteiger partial charge is 0.115 e. The highest BCUT2D eigenvalue weighted by Gasteiger charge is 2.45. The van der Waals surface area contributed by atoms with E-state index in [-0.39, 0.29) is 0 Å². The van der Waals surface area contributed by atoms with Crippen LogP contribution in [0.15, 0.2) is 0 Å². The molecule has 1 aliphatic heterocycles. The molecule has 0 saturated carbocycles. The van der Waals surface area contributed by atoms with E-state index >= 15 is 0 Å². The van der Waals surface area contributed by atoms with Crippen molar-refractivity contribution in [3.8, 4) is 0 Å². The minimum Gasteiger partial charge on any atom is -0.394 e. The van der Waals surface area contributed by atoms with E-state index in [9.17, 15) is 25.5 Å². The topological polar surface area (TPSA) is 171 Å². The van der Waals surface area contributed by atoms with E-state index in [0.29, 0.717) is 0 Å². The fourth-order valence-electron chi connectivity index (χ4n) is 1.74. The molecular formula is C10H19O9. The second-order valence-electron chi connectivity index (χ2n) is 4.43. The van der Waals surface area contributed by atoms with Crippen LogP contribution in [-0.2, 0) is 4.74 Å². The Morgan fingerprint density at radius 1 is 0.947 bits per heavy atom. The van der Waals surface area contributed by atoms with Crippen LogP contribution in [0.2, 0.25) is 0 Å². The third-order valence-electron chi connectivity index (χ3n) is 3.03. The highest BCUT2D eigenvalue weighted by atomic mass is 16.5. The monoisotopic (exact) mass is 283 g/mol. The van der Waals surface area contributed by atoms with Gasteiger partial charge in [-0.3, -0.25) is 0 Å². The summed E-state index contributed by atoms with van der Waals surface area (Å²) in [5.74, 6) is 0. The molecule has 0 aromatic heterocycles. The number of aliphatic hydroxyl groups excluding tert-OH is 8. The van der Waals surface area contributed by atoms with E-state index in [4.69, 9.17) is 20.1 Å². The van der Waals surface area contributed by atoms with Gasteiger partial charge in [0.1, 0.15) is 55.4 Å². The molecule has 8 atom stereocenters. The average molecular weight is 283 g/mol. The highest BCUT2D eigenvalue weighted by molar-refractivity contribution is 4.97. The minimum atomic E-state index is -1.93. The molecule has 19 heavy (non-hydrogen) atoms. The summed E-state index contributed by atoms with van der Waals surface area (Å²) in [4.78, 5) is 0. The third-order valence-corrected chi connectivity index (χ3v) is 3.03. The van der Waals surface area contributed by atoms with Crippen LogP contribution >= 0.6 is 0 Å². The summed E-state index contributed by atoms with van der Waals surface area (Å²) < 4.78 is 4.77. The summed E-state index contributed by atoms with van der Waals surface area (Å²) in [6.07, 6.45) is -13.6. The fourth-order valence-corrected chi connectivity index (χ4v) is 1.74. The largest absolute Gasteiger partial charge is 0.394 e. The number of hydrogen-bond acceptors (Lipinski definition) is 9. The molecule has 0 unspecified atom stereocenters. The quantitative estimate of drug-likeness (QED) is 0.246.